The van der Waals surface area contributed by atoms with Crippen LogP contribution in [0.4, 0.5) is 5.69 Å². The highest BCUT2D eigenvalue weighted by molar-refractivity contribution is 5.48. The van der Waals surface area contributed by atoms with Crippen LogP contribution in [0.25, 0.3) is 0 Å². The maximum absolute atomic E-state index is 11.2. The molecule has 3 nitrogen and oxygen atoms in total. The Kier molecular flexibility index (Phi) is 3.28. The highest BCUT2D eigenvalue weighted by Gasteiger charge is 2.07. The molecule has 0 heterocycles. The lowest BCUT2D eigenvalue weighted by atomic mass is 10.1. The molecule has 0 aliphatic rings. The summed E-state index contributed by atoms with van der Waals surface area (Å²) in [6.07, 6.45) is 0.935. The molecule has 0 radical (unpaired) electrons. The molecule has 1 unspecified atom stereocenters. The van der Waals surface area contributed by atoms with Gasteiger partial charge in [-0.15, -0.1) is 0 Å². The van der Waals surface area contributed by atoms with Gasteiger partial charge in [0.2, 0.25) is 0 Å². The number of hydrogen-bond acceptors (Lipinski definition) is 2. The fourth-order valence-corrected chi connectivity index (χ4v) is 1.25. The third-order valence-electron chi connectivity index (χ3n) is 2.05. The first-order chi connectivity index (χ1) is 6.19. The van der Waals surface area contributed by atoms with Gasteiger partial charge in [0.1, 0.15) is 0 Å². The van der Waals surface area contributed by atoms with E-state index in [-0.39, 0.29) is 5.06 Å². The van der Waals surface area contributed by atoms with Crippen LogP contribution in [-0.2, 0) is 6.42 Å². The van der Waals surface area contributed by atoms with Crippen LogP contribution in [0.15, 0.2) is 18.2 Å². The van der Waals surface area contributed by atoms with Gasteiger partial charge in [0.25, 0.3) is 0 Å². The van der Waals surface area contributed by atoms with E-state index < -0.39 is 0 Å². The van der Waals surface area contributed by atoms with Crippen molar-refractivity contribution >= 4 is 5.69 Å². The topological polar surface area (TPSA) is 36.7 Å². The van der Waals surface area contributed by atoms with Crippen molar-refractivity contribution in [1.29, 1.82) is 0 Å². The van der Waals surface area contributed by atoms with Crippen molar-refractivity contribution < 1.29 is 9.80 Å². The van der Waals surface area contributed by atoms with E-state index in [1.807, 2.05) is 18.2 Å². The van der Waals surface area contributed by atoms with Gasteiger partial charge in [-0.2, -0.15) is 0 Å². The SMILES string of the molecule is CCc1ccc(OC)c([NH+](C)[O-])c1. The molecule has 0 aliphatic heterocycles. The molecular formula is C10H15NO2. The third-order valence-corrected chi connectivity index (χ3v) is 2.05. The molecule has 13 heavy (non-hydrogen) atoms. The summed E-state index contributed by atoms with van der Waals surface area (Å²) < 4.78 is 5.09. The maximum Gasteiger partial charge on any atom is 0.179 e. The van der Waals surface area contributed by atoms with Crippen LogP contribution in [0, 0.1) is 5.21 Å². The van der Waals surface area contributed by atoms with Gasteiger partial charge in [0, 0.05) is 6.07 Å². The Morgan fingerprint density at radius 2 is 2.15 bits per heavy atom. The van der Waals surface area contributed by atoms with Crippen molar-refractivity contribution in [3.8, 4) is 5.75 Å². The molecule has 0 saturated carbocycles. The largest absolute Gasteiger partial charge is 0.629 e. The molecule has 3 heteroatoms. The molecule has 0 saturated heterocycles. The maximum atomic E-state index is 11.2. The number of rotatable bonds is 3. The molecule has 0 aromatic heterocycles. The van der Waals surface area contributed by atoms with E-state index >= 15 is 0 Å². The number of quaternary nitrogens is 1. The van der Waals surface area contributed by atoms with Gasteiger partial charge in [-0.05, 0) is 18.1 Å². The van der Waals surface area contributed by atoms with Crippen molar-refractivity contribution in [1.82, 2.24) is 0 Å². The Hall–Kier alpha value is -1.06. The molecule has 72 valence electrons. The summed E-state index contributed by atoms with van der Waals surface area (Å²) in [5.74, 6) is 0.657. The van der Waals surface area contributed by atoms with Gasteiger partial charge >= 0.3 is 0 Å². The van der Waals surface area contributed by atoms with Gasteiger partial charge in [0.05, 0.1) is 14.2 Å². The minimum Gasteiger partial charge on any atom is -0.629 e. The van der Waals surface area contributed by atoms with E-state index in [0.29, 0.717) is 11.4 Å². The fraction of sp³-hybridized carbons (Fsp3) is 0.400. The van der Waals surface area contributed by atoms with Crippen LogP contribution in [0.1, 0.15) is 12.5 Å². The summed E-state index contributed by atoms with van der Waals surface area (Å²) >= 11 is 0. The van der Waals surface area contributed by atoms with Crippen LogP contribution in [0.2, 0.25) is 0 Å². The van der Waals surface area contributed by atoms with E-state index in [1.165, 1.54) is 0 Å². The van der Waals surface area contributed by atoms with E-state index in [1.54, 1.807) is 14.2 Å². The van der Waals surface area contributed by atoms with Gasteiger partial charge in [-0.3, -0.25) is 0 Å². The van der Waals surface area contributed by atoms with Crippen LogP contribution in [0.3, 0.4) is 0 Å². The third kappa shape index (κ3) is 2.20. The summed E-state index contributed by atoms with van der Waals surface area (Å²) in [6, 6.07) is 5.71. The highest BCUT2D eigenvalue weighted by Crippen LogP contribution is 2.21. The van der Waals surface area contributed by atoms with Crippen molar-refractivity contribution in [2.75, 3.05) is 14.2 Å². The number of benzene rings is 1. The van der Waals surface area contributed by atoms with E-state index in [0.717, 1.165) is 12.0 Å². The molecule has 1 aromatic rings. The molecule has 1 N–H and O–H groups in total. The number of ether oxygens (including phenoxy) is 1. The van der Waals surface area contributed by atoms with Crippen molar-refractivity contribution in [2.24, 2.45) is 0 Å². The standard InChI is InChI=1S/C10H15NO2/c1-4-8-5-6-10(13-3)9(7-8)11(2)12/h5-7,11H,4H2,1-3H3. The minimum absolute atomic E-state index is 0.0483. The molecule has 0 aliphatic carbocycles. The van der Waals surface area contributed by atoms with Gasteiger partial charge in [-0.1, -0.05) is 13.0 Å². The summed E-state index contributed by atoms with van der Waals surface area (Å²) in [5.41, 5.74) is 1.83. The average molecular weight is 181 g/mol. The van der Waals surface area contributed by atoms with Gasteiger partial charge in [0.15, 0.2) is 11.4 Å². The highest BCUT2D eigenvalue weighted by atomic mass is 16.5. The van der Waals surface area contributed by atoms with Crippen LogP contribution in [0.5, 0.6) is 5.75 Å². The van der Waals surface area contributed by atoms with Crippen molar-refractivity contribution in [3.63, 3.8) is 0 Å². The molecule has 1 atom stereocenters. The monoisotopic (exact) mass is 181 g/mol. The molecule has 0 spiro atoms. The molecule has 0 bridgehead atoms. The Morgan fingerprint density at radius 3 is 2.62 bits per heavy atom. The number of hydroxylamine groups is 1. The van der Waals surface area contributed by atoms with Crippen LogP contribution in [-0.4, -0.2) is 14.2 Å². The number of methoxy groups -OCH3 is 1. The smallest absolute Gasteiger partial charge is 0.179 e. The first-order valence-corrected chi connectivity index (χ1v) is 4.37. The van der Waals surface area contributed by atoms with E-state index in [9.17, 15) is 5.21 Å². The van der Waals surface area contributed by atoms with Crippen LogP contribution < -0.4 is 9.80 Å². The normalized spacial score (nSPS) is 12.6. The van der Waals surface area contributed by atoms with Gasteiger partial charge < -0.3 is 15.0 Å². The Bertz CT molecular complexity index is 284. The lowest BCUT2D eigenvalue weighted by Crippen LogP contribution is -2.98. The summed E-state index contributed by atoms with van der Waals surface area (Å²) in [6.45, 7) is 2.06. The van der Waals surface area contributed by atoms with Crippen molar-refractivity contribution in [3.05, 3.63) is 29.0 Å². The van der Waals surface area contributed by atoms with Crippen molar-refractivity contribution in [2.45, 2.75) is 13.3 Å². The molecule has 1 rings (SSSR count). The zero-order valence-corrected chi connectivity index (χ0v) is 8.26. The predicted octanol–water partition coefficient (Wildman–Crippen LogP) is 0.902. The Labute approximate surface area is 78.5 Å². The second kappa shape index (κ2) is 4.25. The molecule has 0 amide bonds. The first kappa shape index (κ1) is 10.0. The second-order valence-corrected chi connectivity index (χ2v) is 2.94. The zero-order valence-electron chi connectivity index (χ0n) is 8.26. The van der Waals surface area contributed by atoms with E-state index in [4.69, 9.17) is 4.74 Å². The predicted molar refractivity (Wildman–Crippen MR) is 52.3 cm³/mol. The first-order valence-electron chi connectivity index (χ1n) is 4.37. The molecule has 1 aromatic carbocycles. The fourth-order valence-electron chi connectivity index (χ4n) is 1.25. The Morgan fingerprint density at radius 1 is 1.46 bits per heavy atom. The summed E-state index contributed by atoms with van der Waals surface area (Å²) in [7, 11) is 3.13. The zero-order chi connectivity index (χ0) is 9.84. The average Bonchev–Trinajstić information content (AvgIpc) is 2.16. The summed E-state index contributed by atoms with van der Waals surface area (Å²) in [4.78, 5) is 0. The molecule has 0 fully saturated rings. The number of hydrogen-bond donors (Lipinski definition) is 1. The summed E-state index contributed by atoms with van der Waals surface area (Å²) in [5, 5.41) is 11.3. The molecular weight excluding hydrogens is 166 g/mol. The minimum atomic E-state index is 0.0483. The number of nitrogens with one attached hydrogen (secondary N) is 1. The lowest BCUT2D eigenvalue weighted by Gasteiger charge is -2.18. The lowest BCUT2D eigenvalue weighted by molar-refractivity contribution is -0.751. The Balaban J connectivity index is 3.10. The number of aryl methyl sites for hydroxylation is 1. The quantitative estimate of drug-likeness (QED) is 0.703. The second-order valence-electron chi connectivity index (χ2n) is 2.94. The van der Waals surface area contributed by atoms with Gasteiger partial charge in [-0.25, -0.2) is 0 Å². The van der Waals surface area contributed by atoms with E-state index in [2.05, 4.69) is 6.92 Å². The van der Waals surface area contributed by atoms with Crippen LogP contribution >= 0.6 is 0 Å².